The standard InChI is InChI=1S/C17H17NO2.CH3NO2/c19-15-10-11-4-3-8-17(11)16-13(7-9-18(15)17)12-5-1-2-6-14(12)20-16;1-2(3)4/h1-2,5-6,11H,3-4,7-10H2;1H3. The fraction of sp³-hybridized carbons (Fsp3) is 0.500. The maximum Gasteiger partial charge on any atom is 0.223 e. The number of amides is 1. The third-order valence-electron chi connectivity index (χ3n) is 5.67. The van der Waals surface area contributed by atoms with E-state index in [1.54, 1.807) is 0 Å². The Kier molecular flexibility index (Phi) is 3.37. The van der Waals surface area contributed by atoms with Gasteiger partial charge in [0, 0.05) is 28.8 Å². The van der Waals surface area contributed by atoms with Crippen molar-refractivity contribution in [3.63, 3.8) is 0 Å². The van der Waals surface area contributed by atoms with E-state index in [2.05, 4.69) is 23.1 Å². The van der Waals surface area contributed by atoms with Crippen LogP contribution in [-0.4, -0.2) is 29.3 Å². The summed E-state index contributed by atoms with van der Waals surface area (Å²) in [5, 5.41) is 10.1. The number of carbonyl (C=O) groups excluding carboxylic acids is 1. The summed E-state index contributed by atoms with van der Waals surface area (Å²) in [5.74, 6) is 1.91. The van der Waals surface area contributed by atoms with Crippen molar-refractivity contribution < 1.29 is 14.1 Å². The number of carbonyl (C=O) groups is 1. The number of para-hydroxylation sites is 1. The monoisotopic (exact) mass is 328 g/mol. The molecule has 3 heterocycles. The summed E-state index contributed by atoms with van der Waals surface area (Å²) >= 11 is 0. The van der Waals surface area contributed by atoms with E-state index >= 15 is 0 Å². The van der Waals surface area contributed by atoms with Gasteiger partial charge in [-0.1, -0.05) is 24.6 Å². The number of hydrogen-bond donors (Lipinski definition) is 0. The second-order valence-electron chi connectivity index (χ2n) is 6.86. The molecule has 0 radical (unpaired) electrons. The van der Waals surface area contributed by atoms with E-state index in [-0.39, 0.29) is 5.54 Å². The first-order chi connectivity index (χ1) is 11.5. The Morgan fingerprint density at radius 2 is 2.12 bits per heavy atom. The van der Waals surface area contributed by atoms with Gasteiger partial charge in [-0.25, -0.2) is 0 Å². The molecule has 1 aromatic carbocycles. The maximum atomic E-state index is 12.3. The van der Waals surface area contributed by atoms with Crippen LogP contribution < -0.4 is 0 Å². The molecule has 1 saturated carbocycles. The van der Waals surface area contributed by atoms with Gasteiger partial charge >= 0.3 is 0 Å². The van der Waals surface area contributed by atoms with Crippen LogP contribution in [0.1, 0.15) is 37.0 Å². The molecule has 2 fully saturated rings. The molecule has 1 saturated heterocycles. The number of fused-ring (bicyclic) bond motifs is 3. The zero-order valence-corrected chi connectivity index (χ0v) is 13.7. The summed E-state index contributed by atoms with van der Waals surface area (Å²) in [6.07, 6.45) is 5.11. The quantitative estimate of drug-likeness (QED) is 0.550. The van der Waals surface area contributed by atoms with Crippen molar-refractivity contribution in [2.75, 3.05) is 13.6 Å². The van der Waals surface area contributed by atoms with Crippen LogP contribution in [-0.2, 0) is 16.8 Å². The summed E-state index contributed by atoms with van der Waals surface area (Å²) in [7, 11) is 0.889. The fourth-order valence-electron chi connectivity index (χ4n) is 4.90. The van der Waals surface area contributed by atoms with E-state index in [0.29, 0.717) is 11.8 Å². The van der Waals surface area contributed by atoms with E-state index in [9.17, 15) is 4.79 Å². The smallest absolute Gasteiger partial charge is 0.223 e. The third-order valence-corrected chi connectivity index (χ3v) is 5.67. The lowest BCUT2D eigenvalue weighted by atomic mass is 9.80. The van der Waals surface area contributed by atoms with Gasteiger partial charge in [-0.3, -0.25) is 14.9 Å². The van der Waals surface area contributed by atoms with Crippen molar-refractivity contribution in [3.05, 3.63) is 45.7 Å². The number of rotatable bonds is 0. The zero-order chi connectivity index (χ0) is 16.9. The van der Waals surface area contributed by atoms with Crippen molar-refractivity contribution in [2.24, 2.45) is 5.92 Å². The van der Waals surface area contributed by atoms with Gasteiger partial charge in [0.25, 0.3) is 0 Å². The Bertz CT molecular complexity index is 824. The molecule has 3 aliphatic rings. The molecule has 24 heavy (non-hydrogen) atoms. The van der Waals surface area contributed by atoms with Crippen LogP contribution in [0.3, 0.4) is 0 Å². The van der Waals surface area contributed by atoms with Crippen LogP contribution in [0.15, 0.2) is 28.7 Å². The Labute approximate surface area is 139 Å². The molecule has 1 aliphatic carbocycles. The number of nitro groups is 1. The molecule has 1 aromatic heterocycles. The SMILES string of the molecule is C[N+](=O)[O-].O=C1CC2CCCC23c2oc4ccccc4c2CCN13. The van der Waals surface area contributed by atoms with Gasteiger partial charge in [-0.15, -0.1) is 0 Å². The molecule has 2 unspecified atom stereocenters. The van der Waals surface area contributed by atoms with Gasteiger partial charge < -0.3 is 9.32 Å². The summed E-state index contributed by atoms with van der Waals surface area (Å²) in [4.78, 5) is 22.8. The van der Waals surface area contributed by atoms with Crippen LogP contribution in [0, 0.1) is 16.0 Å². The minimum Gasteiger partial charge on any atom is -0.458 e. The average molecular weight is 328 g/mol. The predicted molar refractivity (Wildman–Crippen MR) is 88.2 cm³/mol. The Balaban J connectivity index is 0.000000332. The van der Waals surface area contributed by atoms with Gasteiger partial charge in [0.15, 0.2) is 7.05 Å². The molecule has 0 N–H and O–H groups in total. The first-order valence-corrected chi connectivity index (χ1v) is 8.43. The first kappa shape index (κ1) is 15.2. The Morgan fingerprint density at radius 3 is 2.92 bits per heavy atom. The first-order valence-electron chi connectivity index (χ1n) is 8.43. The topological polar surface area (TPSA) is 76.6 Å². The van der Waals surface area contributed by atoms with Crippen LogP contribution >= 0.6 is 0 Å². The number of nitrogens with zero attached hydrogens (tertiary/aromatic N) is 2. The van der Waals surface area contributed by atoms with Crippen LogP contribution in [0.4, 0.5) is 0 Å². The summed E-state index contributed by atoms with van der Waals surface area (Å²) in [6.45, 7) is 0.867. The molecular weight excluding hydrogens is 308 g/mol. The zero-order valence-electron chi connectivity index (χ0n) is 13.7. The number of hydrogen-bond acceptors (Lipinski definition) is 4. The Hall–Kier alpha value is -2.37. The molecule has 6 heteroatoms. The highest BCUT2D eigenvalue weighted by molar-refractivity contribution is 5.86. The van der Waals surface area contributed by atoms with Gasteiger partial charge in [0.2, 0.25) is 5.91 Å². The number of benzene rings is 1. The largest absolute Gasteiger partial charge is 0.458 e. The predicted octanol–water partition coefficient (Wildman–Crippen LogP) is 3.11. The van der Waals surface area contributed by atoms with E-state index in [4.69, 9.17) is 14.5 Å². The summed E-state index contributed by atoms with van der Waals surface area (Å²) in [6, 6.07) is 8.31. The minimum atomic E-state index is -0.500. The van der Waals surface area contributed by atoms with E-state index in [1.165, 1.54) is 23.8 Å². The van der Waals surface area contributed by atoms with Crippen molar-refractivity contribution in [2.45, 2.75) is 37.6 Å². The van der Waals surface area contributed by atoms with Crippen LogP contribution in [0.5, 0.6) is 0 Å². The molecule has 1 spiro atoms. The maximum absolute atomic E-state index is 12.3. The lowest BCUT2D eigenvalue weighted by molar-refractivity contribution is -0.445. The molecule has 2 aliphatic heterocycles. The fourth-order valence-corrected chi connectivity index (χ4v) is 4.90. The van der Waals surface area contributed by atoms with Crippen LogP contribution in [0.25, 0.3) is 11.0 Å². The average Bonchev–Trinajstić information content (AvgIpc) is 3.16. The molecular formula is C18H20N2O4. The number of furan rings is 1. The molecule has 126 valence electrons. The molecule has 0 bridgehead atoms. The summed E-state index contributed by atoms with van der Waals surface area (Å²) < 4.78 is 6.26. The van der Waals surface area contributed by atoms with Gasteiger partial charge in [0.05, 0.1) is 0 Å². The van der Waals surface area contributed by atoms with Gasteiger partial charge in [-0.05, 0) is 31.2 Å². The highest BCUT2D eigenvalue weighted by Gasteiger charge is 2.60. The van der Waals surface area contributed by atoms with Crippen LogP contribution in [0.2, 0.25) is 0 Å². The third kappa shape index (κ3) is 1.98. The molecule has 2 atom stereocenters. The van der Waals surface area contributed by atoms with Crippen molar-refractivity contribution in [1.82, 2.24) is 4.90 Å². The summed E-state index contributed by atoms with van der Waals surface area (Å²) in [5.41, 5.74) is 2.24. The van der Waals surface area contributed by atoms with Crippen molar-refractivity contribution in [1.29, 1.82) is 0 Å². The lowest BCUT2D eigenvalue weighted by Crippen LogP contribution is -2.48. The minimum absolute atomic E-state index is 0.107. The molecule has 1 amide bonds. The second kappa shape index (κ2) is 5.33. The second-order valence-corrected chi connectivity index (χ2v) is 6.86. The molecule has 5 rings (SSSR count). The van der Waals surface area contributed by atoms with Crippen molar-refractivity contribution >= 4 is 16.9 Å². The molecule has 2 aromatic rings. The molecule has 6 nitrogen and oxygen atoms in total. The normalized spacial score (nSPS) is 27.3. The van der Waals surface area contributed by atoms with E-state index < -0.39 is 4.92 Å². The van der Waals surface area contributed by atoms with E-state index in [0.717, 1.165) is 44.2 Å². The van der Waals surface area contributed by atoms with Crippen molar-refractivity contribution in [3.8, 4) is 0 Å². The highest BCUT2D eigenvalue weighted by atomic mass is 16.6. The van der Waals surface area contributed by atoms with Gasteiger partial charge in [0.1, 0.15) is 16.9 Å². The van der Waals surface area contributed by atoms with E-state index in [1.807, 2.05) is 6.07 Å². The van der Waals surface area contributed by atoms with Gasteiger partial charge in [-0.2, -0.15) is 0 Å². The lowest BCUT2D eigenvalue weighted by Gasteiger charge is -2.41. The Morgan fingerprint density at radius 1 is 1.38 bits per heavy atom. The highest BCUT2D eigenvalue weighted by Crippen LogP contribution is 2.57.